The molecule has 6 heteroatoms. The molecule has 0 aromatic rings. The van der Waals surface area contributed by atoms with Gasteiger partial charge in [0.2, 0.25) is 0 Å². The predicted molar refractivity (Wildman–Crippen MR) is 344 cm³/mol. The van der Waals surface area contributed by atoms with Gasteiger partial charge in [-0.2, -0.15) is 0 Å². The lowest BCUT2D eigenvalue weighted by Gasteiger charge is -2.18. The van der Waals surface area contributed by atoms with Crippen LogP contribution < -0.4 is 0 Å². The Labute approximate surface area is 491 Å². The summed E-state index contributed by atoms with van der Waals surface area (Å²) < 4.78 is 16.9. The maximum Gasteiger partial charge on any atom is 0.306 e. The normalized spacial score (nSPS) is 12.4. The molecule has 6 nitrogen and oxygen atoms in total. The summed E-state index contributed by atoms with van der Waals surface area (Å²) in [4.78, 5) is 38.2. The molecule has 0 aliphatic rings. The van der Waals surface area contributed by atoms with Crippen molar-refractivity contribution in [2.75, 3.05) is 13.2 Å². The van der Waals surface area contributed by atoms with Gasteiger partial charge < -0.3 is 14.2 Å². The van der Waals surface area contributed by atoms with Gasteiger partial charge >= 0.3 is 17.9 Å². The molecule has 0 rings (SSSR count). The molecule has 79 heavy (non-hydrogen) atoms. The number of hydrogen-bond acceptors (Lipinski definition) is 6. The van der Waals surface area contributed by atoms with Crippen LogP contribution in [0.5, 0.6) is 0 Å². The van der Waals surface area contributed by atoms with Crippen molar-refractivity contribution in [3.63, 3.8) is 0 Å². The Morgan fingerprint density at radius 3 is 0.823 bits per heavy atom. The van der Waals surface area contributed by atoms with Crippen LogP contribution >= 0.6 is 0 Å². The van der Waals surface area contributed by atoms with E-state index in [0.717, 1.165) is 103 Å². The molecule has 0 aliphatic heterocycles. The molecule has 0 aliphatic carbocycles. The lowest BCUT2D eigenvalue weighted by molar-refractivity contribution is -0.167. The largest absolute Gasteiger partial charge is 0.462 e. The minimum Gasteiger partial charge on any atom is -0.462 e. The lowest BCUT2D eigenvalue weighted by atomic mass is 10.0. The van der Waals surface area contributed by atoms with Gasteiger partial charge in [-0.1, -0.05) is 313 Å². The standard InChI is InChI=1S/C73H132O6/c1-4-7-10-13-16-19-22-24-26-27-28-29-30-31-32-33-34-35-36-37-38-39-40-41-42-43-44-45-47-48-51-54-57-60-63-66-72(75)78-69-70(68-77-71(74)65-62-59-56-53-50-21-18-15-12-9-6-3)79-73(76)67-64-61-58-55-52-49-46-25-23-20-17-14-11-8-5-2/h8,11,15,17-18,20,25,27-28,46,70H,4-7,9-10,12-14,16,19,21-24,26,29-45,47-69H2,1-3H3/b11-8-,18-15-,20-17-,28-27-,46-25-. The Bertz CT molecular complexity index is 1410. The van der Waals surface area contributed by atoms with E-state index < -0.39 is 6.10 Å². The molecule has 1 unspecified atom stereocenters. The Morgan fingerprint density at radius 1 is 0.266 bits per heavy atom. The first kappa shape index (κ1) is 76.1. The molecule has 460 valence electrons. The number of carbonyl (C=O) groups excluding carboxylic acids is 3. The maximum atomic E-state index is 12.9. The van der Waals surface area contributed by atoms with E-state index >= 15 is 0 Å². The molecular weight excluding hydrogens is 973 g/mol. The zero-order chi connectivity index (χ0) is 57.1. The lowest BCUT2D eigenvalue weighted by Crippen LogP contribution is -2.30. The molecule has 0 radical (unpaired) electrons. The quantitative estimate of drug-likeness (QED) is 0.0261. The number of ether oxygens (including phenoxy) is 3. The van der Waals surface area contributed by atoms with Gasteiger partial charge in [0.1, 0.15) is 13.2 Å². The Balaban J connectivity index is 4.03. The Kier molecular flexibility index (Phi) is 65.1. The minimum atomic E-state index is -0.785. The number of unbranched alkanes of at least 4 members (excludes halogenated alkanes) is 43. The third-order valence-corrected chi connectivity index (χ3v) is 15.5. The van der Waals surface area contributed by atoms with Gasteiger partial charge in [0, 0.05) is 19.3 Å². The van der Waals surface area contributed by atoms with E-state index in [1.54, 1.807) is 0 Å². The highest BCUT2D eigenvalue weighted by Gasteiger charge is 2.19. The van der Waals surface area contributed by atoms with Gasteiger partial charge in [-0.3, -0.25) is 14.4 Å². The summed E-state index contributed by atoms with van der Waals surface area (Å²) in [5, 5.41) is 0. The number of carbonyl (C=O) groups is 3. The van der Waals surface area contributed by atoms with E-state index in [1.165, 1.54) is 225 Å². The molecule has 0 saturated carbocycles. The van der Waals surface area contributed by atoms with Crippen molar-refractivity contribution in [3.05, 3.63) is 60.8 Å². The Hall–Kier alpha value is -2.89. The van der Waals surface area contributed by atoms with Crippen LogP contribution in [0.1, 0.15) is 367 Å². The fourth-order valence-electron chi connectivity index (χ4n) is 10.3. The van der Waals surface area contributed by atoms with E-state index in [9.17, 15) is 14.4 Å². The third kappa shape index (κ3) is 65.8. The molecule has 0 spiro atoms. The molecule has 1 atom stereocenters. The van der Waals surface area contributed by atoms with Crippen molar-refractivity contribution in [1.29, 1.82) is 0 Å². The second-order valence-corrected chi connectivity index (χ2v) is 23.4. The van der Waals surface area contributed by atoms with Crippen molar-refractivity contribution in [2.24, 2.45) is 0 Å². The summed E-state index contributed by atoms with van der Waals surface area (Å²) in [5.41, 5.74) is 0. The second kappa shape index (κ2) is 67.6. The van der Waals surface area contributed by atoms with Crippen molar-refractivity contribution >= 4 is 17.9 Å². The van der Waals surface area contributed by atoms with E-state index in [4.69, 9.17) is 14.2 Å². The van der Waals surface area contributed by atoms with E-state index in [1.807, 2.05) is 0 Å². The number of allylic oxidation sites excluding steroid dienone is 10. The topological polar surface area (TPSA) is 78.9 Å². The molecule has 0 aromatic carbocycles. The molecule has 0 bridgehead atoms. The number of hydrogen-bond donors (Lipinski definition) is 0. The maximum absolute atomic E-state index is 12.9. The van der Waals surface area contributed by atoms with Crippen LogP contribution in [0, 0.1) is 0 Å². The Morgan fingerprint density at radius 2 is 0.506 bits per heavy atom. The molecule has 0 aromatic heterocycles. The van der Waals surface area contributed by atoms with Gasteiger partial charge in [0.15, 0.2) is 6.10 Å². The summed E-state index contributed by atoms with van der Waals surface area (Å²) in [6.07, 6.45) is 87.1. The highest BCUT2D eigenvalue weighted by atomic mass is 16.6. The zero-order valence-corrected chi connectivity index (χ0v) is 52.9. The third-order valence-electron chi connectivity index (χ3n) is 15.5. The first-order chi connectivity index (χ1) is 39.0. The molecule has 0 saturated heterocycles. The van der Waals surface area contributed by atoms with Crippen LogP contribution in [0.3, 0.4) is 0 Å². The summed E-state index contributed by atoms with van der Waals surface area (Å²) in [6.45, 7) is 6.51. The van der Waals surface area contributed by atoms with Crippen LogP contribution in [0.2, 0.25) is 0 Å². The summed E-state index contributed by atoms with van der Waals surface area (Å²) >= 11 is 0. The smallest absolute Gasteiger partial charge is 0.306 e. The average molecular weight is 1110 g/mol. The van der Waals surface area contributed by atoms with E-state index in [0.29, 0.717) is 19.3 Å². The van der Waals surface area contributed by atoms with Gasteiger partial charge in [-0.15, -0.1) is 0 Å². The molecular formula is C73H132O6. The van der Waals surface area contributed by atoms with Gasteiger partial charge in [0.25, 0.3) is 0 Å². The molecule has 0 N–H and O–H groups in total. The van der Waals surface area contributed by atoms with E-state index in [2.05, 4.69) is 81.5 Å². The van der Waals surface area contributed by atoms with Crippen molar-refractivity contribution in [1.82, 2.24) is 0 Å². The van der Waals surface area contributed by atoms with Gasteiger partial charge in [0.05, 0.1) is 0 Å². The first-order valence-electron chi connectivity index (χ1n) is 34.8. The van der Waals surface area contributed by atoms with Crippen LogP contribution in [0.15, 0.2) is 60.8 Å². The van der Waals surface area contributed by atoms with Crippen LogP contribution in [-0.4, -0.2) is 37.2 Å². The van der Waals surface area contributed by atoms with E-state index in [-0.39, 0.29) is 31.1 Å². The van der Waals surface area contributed by atoms with Crippen LogP contribution in [0.4, 0.5) is 0 Å². The highest BCUT2D eigenvalue weighted by Crippen LogP contribution is 2.18. The second-order valence-electron chi connectivity index (χ2n) is 23.4. The van der Waals surface area contributed by atoms with Crippen molar-refractivity contribution in [3.8, 4) is 0 Å². The molecule has 0 amide bonds. The monoisotopic (exact) mass is 1110 g/mol. The average Bonchev–Trinajstić information content (AvgIpc) is 3.45. The van der Waals surface area contributed by atoms with Crippen molar-refractivity contribution < 1.29 is 28.6 Å². The fourth-order valence-corrected chi connectivity index (χ4v) is 10.3. The number of rotatable bonds is 64. The highest BCUT2D eigenvalue weighted by molar-refractivity contribution is 5.71. The van der Waals surface area contributed by atoms with Gasteiger partial charge in [-0.25, -0.2) is 0 Å². The molecule has 0 heterocycles. The predicted octanol–water partition coefficient (Wildman–Crippen LogP) is 23.9. The SMILES string of the molecule is CC/C=C\C/C=C\C/C=C\CCCCCCCC(=O)OC(COC(=O)CCCCCCC/C=C\CCCC)COC(=O)CCCCCCCCCCCCCCCCCCCCCCCCC/C=C\CCCCCCCCCC. The number of esters is 3. The first-order valence-corrected chi connectivity index (χ1v) is 34.8. The summed E-state index contributed by atoms with van der Waals surface area (Å²) in [5.74, 6) is -0.892. The van der Waals surface area contributed by atoms with Gasteiger partial charge in [-0.05, 0) is 96.3 Å². The summed E-state index contributed by atoms with van der Waals surface area (Å²) in [6, 6.07) is 0. The summed E-state index contributed by atoms with van der Waals surface area (Å²) in [7, 11) is 0. The van der Waals surface area contributed by atoms with Crippen LogP contribution in [0.25, 0.3) is 0 Å². The molecule has 0 fully saturated rings. The van der Waals surface area contributed by atoms with Crippen LogP contribution in [-0.2, 0) is 28.6 Å². The minimum absolute atomic E-state index is 0.0809. The zero-order valence-electron chi connectivity index (χ0n) is 52.9. The van der Waals surface area contributed by atoms with Crippen molar-refractivity contribution in [2.45, 2.75) is 374 Å². The fraction of sp³-hybridized carbons (Fsp3) is 0.822.